The smallest absolute Gasteiger partial charge is 0.0474 e. The molecule has 0 spiro atoms. The highest BCUT2D eigenvalue weighted by molar-refractivity contribution is 4.85. The summed E-state index contributed by atoms with van der Waals surface area (Å²) in [5.41, 5.74) is 0. The van der Waals surface area contributed by atoms with Crippen LogP contribution in [0.2, 0.25) is 0 Å². The highest BCUT2D eigenvalue weighted by Crippen LogP contribution is 2.29. The number of nitrogens with one attached hydrogen (secondary N) is 1. The van der Waals surface area contributed by atoms with E-state index in [1.165, 1.54) is 64.2 Å². The van der Waals surface area contributed by atoms with Gasteiger partial charge in [-0.25, -0.2) is 0 Å². The summed E-state index contributed by atoms with van der Waals surface area (Å²) in [6, 6.07) is 1.31. The third-order valence-corrected chi connectivity index (χ3v) is 5.26. The van der Waals surface area contributed by atoms with Crippen LogP contribution in [-0.4, -0.2) is 23.8 Å². The number of hydrogen-bond donors (Lipinski definition) is 2. The first-order chi connectivity index (χ1) is 8.83. The summed E-state index contributed by atoms with van der Waals surface area (Å²) < 4.78 is 0. The van der Waals surface area contributed by atoms with Crippen LogP contribution in [0.3, 0.4) is 0 Å². The van der Waals surface area contributed by atoms with Gasteiger partial charge in [-0.2, -0.15) is 0 Å². The molecule has 2 heteroatoms. The molecule has 4 atom stereocenters. The lowest BCUT2D eigenvalue weighted by molar-refractivity contribution is 0.143. The van der Waals surface area contributed by atoms with Crippen molar-refractivity contribution < 1.29 is 5.11 Å². The molecule has 0 amide bonds. The molecule has 2 N–H and O–H groups in total. The predicted molar refractivity (Wildman–Crippen MR) is 76.6 cm³/mol. The molecule has 0 aliphatic heterocycles. The first kappa shape index (κ1) is 14.3. The Labute approximate surface area is 113 Å². The van der Waals surface area contributed by atoms with Crippen LogP contribution in [0, 0.1) is 11.8 Å². The highest BCUT2D eigenvalue weighted by atomic mass is 16.3. The van der Waals surface area contributed by atoms with Crippen LogP contribution in [0.4, 0.5) is 0 Å². The Balaban J connectivity index is 1.80. The lowest BCUT2D eigenvalue weighted by atomic mass is 9.84. The van der Waals surface area contributed by atoms with Gasteiger partial charge in [-0.1, -0.05) is 39.0 Å². The normalized spacial score (nSPS) is 38.3. The van der Waals surface area contributed by atoms with Crippen molar-refractivity contribution in [3.05, 3.63) is 0 Å². The molecule has 2 aliphatic carbocycles. The second-order valence-electron chi connectivity index (χ2n) is 6.48. The molecule has 0 aromatic heterocycles. The second-order valence-corrected chi connectivity index (χ2v) is 6.48. The van der Waals surface area contributed by atoms with Gasteiger partial charge in [0, 0.05) is 18.7 Å². The van der Waals surface area contributed by atoms with Crippen LogP contribution in [0.15, 0.2) is 0 Å². The molecule has 0 radical (unpaired) electrons. The molecule has 2 rings (SSSR count). The largest absolute Gasteiger partial charge is 0.396 e. The van der Waals surface area contributed by atoms with E-state index in [1.807, 2.05) is 0 Å². The van der Waals surface area contributed by atoms with E-state index in [2.05, 4.69) is 12.2 Å². The van der Waals surface area contributed by atoms with Gasteiger partial charge < -0.3 is 10.4 Å². The van der Waals surface area contributed by atoms with Crippen molar-refractivity contribution >= 4 is 0 Å². The van der Waals surface area contributed by atoms with Crippen molar-refractivity contribution in [1.82, 2.24) is 5.32 Å². The molecule has 18 heavy (non-hydrogen) atoms. The van der Waals surface area contributed by atoms with Crippen LogP contribution < -0.4 is 5.32 Å². The molecule has 106 valence electrons. The molecule has 2 saturated carbocycles. The Hall–Kier alpha value is -0.0800. The molecule has 0 heterocycles. The molecular formula is C16H31NO. The van der Waals surface area contributed by atoms with Crippen LogP contribution in [0.25, 0.3) is 0 Å². The second kappa shape index (κ2) is 7.49. The van der Waals surface area contributed by atoms with Gasteiger partial charge in [0.05, 0.1) is 0 Å². The molecule has 2 fully saturated rings. The van der Waals surface area contributed by atoms with E-state index in [4.69, 9.17) is 0 Å². The van der Waals surface area contributed by atoms with Gasteiger partial charge in [-0.15, -0.1) is 0 Å². The number of hydrogen-bond acceptors (Lipinski definition) is 2. The first-order valence-electron chi connectivity index (χ1n) is 8.20. The minimum absolute atomic E-state index is 0.377. The summed E-state index contributed by atoms with van der Waals surface area (Å²) in [4.78, 5) is 0. The van der Waals surface area contributed by atoms with E-state index in [0.29, 0.717) is 18.6 Å². The molecule has 0 saturated heterocycles. The highest BCUT2D eigenvalue weighted by Gasteiger charge is 2.27. The maximum Gasteiger partial charge on any atom is 0.0474 e. The average molecular weight is 253 g/mol. The fraction of sp³-hybridized carbons (Fsp3) is 1.00. The summed E-state index contributed by atoms with van der Waals surface area (Å²) >= 11 is 0. The predicted octanol–water partition coefficient (Wildman–Crippen LogP) is 3.49. The summed E-state index contributed by atoms with van der Waals surface area (Å²) in [5.74, 6) is 1.49. The van der Waals surface area contributed by atoms with Crippen LogP contribution in [0.5, 0.6) is 0 Å². The molecule has 0 bridgehead atoms. The Bertz CT molecular complexity index is 231. The topological polar surface area (TPSA) is 32.3 Å². The van der Waals surface area contributed by atoms with Crippen molar-refractivity contribution in [2.45, 2.75) is 83.2 Å². The summed E-state index contributed by atoms with van der Waals surface area (Å²) in [5, 5.41) is 13.4. The van der Waals surface area contributed by atoms with Crippen LogP contribution >= 0.6 is 0 Å². The minimum Gasteiger partial charge on any atom is -0.396 e. The summed E-state index contributed by atoms with van der Waals surface area (Å²) in [6.07, 6.45) is 13.5. The third kappa shape index (κ3) is 3.96. The fourth-order valence-corrected chi connectivity index (χ4v) is 3.90. The Morgan fingerprint density at radius 1 is 0.944 bits per heavy atom. The van der Waals surface area contributed by atoms with Gasteiger partial charge in [-0.3, -0.25) is 0 Å². The Morgan fingerprint density at radius 2 is 1.78 bits per heavy atom. The Kier molecular flexibility index (Phi) is 5.97. The quantitative estimate of drug-likeness (QED) is 0.752. The van der Waals surface area contributed by atoms with Crippen LogP contribution in [-0.2, 0) is 0 Å². The first-order valence-corrected chi connectivity index (χ1v) is 8.20. The molecule has 2 nitrogen and oxygen atoms in total. The van der Waals surface area contributed by atoms with Gasteiger partial charge in [0.25, 0.3) is 0 Å². The lowest BCUT2D eigenvalue weighted by Crippen LogP contribution is -2.45. The van der Waals surface area contributed by atoms with Crippen molar-refractivity contribution in [3.63, 3.8) is 0 Å². The van der Waals surface area contributed by atoms with Crippen molar-refractivity contribution in [1.29, 1.82) is 0 Å². The third-order valence-electron chi connectivity index (χ3n) is 5.26. The number of rotatable bonds is 4. The SMILES string of the molecule is CCC1CCCC(NC2CCCCC2CO)CC1. The Morgan fingerprint density at radius 3 is 2.56 bits per heavy atom. The zero-order chi connectivity index (χ0) is 12.8. The van der Waals surface area contributed by atoms with Crippen molar-refractivity contribution in [2.24, 2.45) is 11.8 Å². The summed E-state index contributed by atoms with van der Waals surface area (Å²) in [6.45, 7) is 2.71. The van der Waals surface area contributed by atoms with E-state index in [9.17, 15) is 5.11 Å². The average Bonchev–Trinajstić information content (AvgIpc) is 2.64. The standard InChI is InChI=1S/C16H31NO/c1-2-13-6-5-8-15(11-10-13)17-16-9-4-3-7-14(16)12-18/h13-18H,2-12H2,1H3. The zero-order valence-corrected chi connectivity index (χ0v) is 12.0. The maximum atomic E-state index is 9.49. The van der Waals surface area contributed by atoms with Crippen molar-refractivity contribution in [3.8, 4) is 0 Å². The molecular weight excluding hydrogens is 222 g/mol. The van der Waals surface area contributed by atoms with Gasteiger partial charge in [0.15, 0.2) is 0 Å². The van der Waals surface area contributed by atoms with Gasteiger partial charge in [0.1, 0.15) is 0 Å². The summed E-state index contributed by atoms with van der Waals surface area (Å²) in [7, 11) is 0. The monoisotopic (exact) mass is 253 g/mol. The molecule has 2 aliphatic rings. The van der Waals surface area contributed by atoms with Crippen LogP contribution in [0.1, 0.15) is 71.1 Å². The van der Waals surface area contributed by atoms with E-state index < -0.39 is 0 Å². The molecule has 4 unspecified atom stereocenters. The van der Waals surface area contributed by atoms with Gasteiger partial charge in [0.2, 0.25) is 0 Å². The van der Waals surface area contributed by atoms with E-state index >= 15 is 0 Å². The number of aliphatic hydroxyl groups is 1. The minimum atomic E-state index is 0.377. The van der Waals surface area contributed by atoms with Crippen molar-refractivity contribution in [2.75, 3.05) is 6.61 Å². The van der Waals surface area contributed by atoms with E-state index in [1.54, 1.807) is 0 Å². The number of aliphatic hydroxyl groups excluding tert-OH is 1. The van der Waals surface area contributed by atoms with Gasteiger partial charge in [-0.05, 0) is 43.9 Å². The van der Waals surface area contributed by atoms with E-state index in [0.717, 1.165) is 12.0 Å². The zero-order valence-electron chi connectivity index (χ0n) is 12.0. The van der Waals surface area contributed by atoms with E-state index in [-0.39, 0.29) is 0 Å². The maximum absolute atomic E-state index is 9.49. The lowest BCUT2D eigenvalue weighted by Gasteiger charge is -2.34. The molecule has 0 aromatic carbocycles. The van der Waals surface area contributed by atoms with Gasteiger partial charge >= 0.3 is 0 Å². The fourth-order valence-electron chi connectivity index (χ4n) is 3.90. The molecule has 0 aromatic rings.